The van der Waals surface area contributed by atoms with Gasteiger partial charge in [0.05, 0.1) is 12.7 Å². The number of aromatic nitrogens is 2. The summed E-state index contributed by atoms with van der Waals surface area (Å²) in [6, 6.07) is 3.22. The van der Waals surface area contributed by atoms with Crippen molar-refractivity contribution in [3.05, 3.63) is 41.7 Å². The Kier molecular flexibility index (Phi) is 5.05. The van der Waals surface area contributed by atoms with E-state index in [0.29, 0.717) is 18.2 Å². The zero-order valence-electron chi connectivity index (χ0n) is 12.0. The topological polar surface area (TPSA) is 97.1 Å². The van der Waals surface area contributed by atoms with Gasteiger partial charge in [-0.25, -0.2) is 23.1 Å². The van der Waals surface area contributed by atoms with E-state index in [9.17, 15) is 8.42 Å². The van der Waals surface area contributed by atoms with Crippen LogP contribution in [0.25, 0.3) is 0 Å². The number of pyridine rings is 1. The zero-order valence-corrected chi connectivity index (χ0v) is 12.8. The molecule has 114 valence electrons. The molecule has 0 saturated carbocycles. The van der Waals surface area contributed by atoms with Crippen molar-refractivity contribution in [2.45, 2.75) is 32.0 Å². The van der Waals surface area contributed by atoms with E-state index in [4.69, 9.17) is 4.42 Å². The third-order valence-corrected chi connectivity index (χ3v) is 4.05. The Morgan fingerprint density at radius 1 is 1.19 bits per heavy atom. The first-order valence-corrected chi connectivity index (χ1v) is 8.06. The van der Waals surface area contributed by atoms with Gasteiger partial charge in [-0.1, -0.05) is 13.0 Å². The highest BCUT2D eigenvalue weighted by molar-refractivity contribution is 7.89. The molecule has 8 heteroatoms. The number of hydrogen-bond donors (Lipinski definition) is 2. The fraction of sp³-hybridized carbons (Fsp3) is 0.385. The Balaban J connectivity index is 2.01. The Hall–Kier alpha value is -1.77. The van der Waals surface area contributed by atoms with Gasteiger partial charge in [-0.2, -0.15) is 0 Å². The summed E-state index contributed by atoms with van der Waals surface area (Å²) < 4.78 is 31.8. The summed E-state index contributed by atoms with van der Waals surface area (Å²) >= 11 is 0. The lowest BCUT2D eigenvalue weighted by Gasteiger charge is -2.06. The summed E-state index contributed by atoms with van der Waals surface area (Å²) in [7, 11) is -3.67. The first-order chi connectivity index (χ1) is 10.0. The van der Waals surface area contributed by atoms with Crippen molar-refractivity contribution in [1.29, 1.82) is 0 Å². The Morgan fingerprint density at radius 2 is 2.00 bits per heavy atom. The second-order valence-corrected chi connectivity index (χ2v) is 6.19. The molecule has 0 aliphatic heterocycles. The number of nitrogens with one attached hydrogen (secondary N) is 2. The summed E-state index contributed by atoms with van der Waals surface area (Å²) in [5, 5.41) is 3.12. The van der Waals surface area contributed by atoms with E-state index in [1.54, 1.807) is 19.2 Å². The minimum Gasteiger partial charge on any atom is -0.445 e. The minimum absolute atomic E-state index is 0.00298. The molecule has 0 saturated heterocycles. The molecule has 2 aromatic rings. The number of rotatable bonds is 7. The van der Waals surface area contributed by atoms with Crippen LogP contribution in [-0.2, 0) is 23.1 Å². The number of sulfonamides is 1. The smallest absolute Gasteiger partial charge is 0.258 e. The van der Waals surface area contributed by atoms with Gasteiger partial charge in [-0.05, 0) is 25.1 Å². The van der Waals surface area contributed by atoms with Crippen LogP contribution in [0.2, 0.25) is 0 Å². The van der Waals surface area contributed by atoms with Crippen molar-refractivity contribution in [3.8, 4) is 0 Å². The molecule has 21 heavy (non-hydrogen) atoms. The van der Waals surface area contributed by atoms with Gasteiger partial charge >= 0.3 is 0 Å². The van der Waals surface area contributed by atoms with E-state index in [1.165, 1.54) is 12.3 Å². The molecular formula is C13H18N4O3S. The van der Waals surface area contributed by atoms with Crippen LogP contribution in [0.4, 0.5) is 0 Å². The van der Waals surface area contributed by atoms with Gasteiger partial charge in [-0.15, -0.1) is 0 Å². The third kappa shape index (κ3) is 4.35. The summed E-state index contributed by atoms with van der Waals surface area (Å²) in [6.45, 7) is 5.25. The van der Waals surface area contributed by atoms with E-state index >= 15 is 0 Å². The molecule has 7 nitrogen and oxygen atoms in total. The van der Waals surface area contributed by atoms with Crippen LogP contribution in [0.15, 0.2) is 34.0 Å². The second-order valence-electron chi connectivity index (χ2n) is 4.47. The van der Waals surface area contributed by atoms with Crippen molar-refractivity contribution in [1.82, 2.24) is 20.0 Å². The standard InChI is InChI=1S/C13H18N4O3S/c1-3-14-7-11-4-5-13(16-8-11)21(18,19)17-9-12-15-6-10(2)20-12/h4-6,8,14,17H,3,7,9H2,1-2H3. The molecule has 2 aromatic heterocycles. The molecule has 0 unspecified atom stereocenters. The lowest BCUT2D eigenvalue weighted by atomic mass is 10.3. The van der Waals surface area contributed by atoms with Crippen LogP contribution in [0.1, 0.15) is 24.1 Å². The Bertz CT molecular complexity index is 680. The molecule has 0 amide bonds. The number of oxazole rings is 1. The van der Waals surface area contributed by atoms with Crippen molar-refractivity contribution in [2.75, 3.05) is 6.54 Å². The highest BCUT2D eigenvalue weighted by Crippen LogP contribution is 2.08. The molecule has 0 aliphatic carbocycles. The zero-order chi connectivity index (χ0) is 15.3. The third-order valence-electron chi connectivity index (χ3n) is 2.73. The highest BCUT2D eigenvalue weighted by atomic mass is 32.2. The molecule has 2 N–H and O–H groups in total. The predicted molar refractivity (Wildman–Crippen MR) is 76.9 cm³/mol. The quantitative estimate of drug-likeness (QED) is 0.791. The molecule has 0 fully saturated rings. The fourth-order valence-corrected chi connectivity index (χ4v) is 2.56. The van der Waals surface area contributed by atoms with Crippen LogP contribution in [0.3, 0.4) is 0 Å². The van der Waals surface area contributed by atoms with E-state index in [-0.39, 0.29) is 11.6 Å². The molecule has 0 bridgehead atoms. The van der Waals surface area contributed by atoms with E-state index in [1.807, 2.05) is 6.92 Å². The van der Waals surface area contributed by atoms with Gasteiger partial charge in [-0.3, -0.25) is 0 Å². The van der Waals surface area contributed by atoms with Crippen LogP contribution in [0, 0.1) is 6.92 Å². The van der Waals surface area contributed by atoms with Crippen molar-refractivity contribution >= 4 is 10.0 Å². The molecule has 0 aromatic carbocycles. The van der Waals surface area contributed by atoms with Gasteiger partial charge in [0.2, 0.25) is 5.89 Å². The largest absolute Gasteiger partial charge is 0.445 e. The first kappa shape index (κ1) is 15.6. The number of aryl methyl sites for hydroxylation is 1. The van der Waals surface area contributed by atoms with Gasteiger partial charge in [0.1, 0.15) is 5.76 Å². The van der Waals surface area contributed by atoms with Crippen LogP contribution in [-0.4, -0.2) is 24.9 Å². The molecular weight excluding hydrogens is 292 g/mol. The molecule has 0 spiro atoms. The molecule has 0 radical (unpaired) electrons. The van der Waals surface area contributed by atoms with E-state index < -0.39 is 10.0 Å². The van der Waals surface area contributed by atoms with Crippen LogP contribution in [0.5, 0.6) is 0 Å². The van der Waals surface area contributed by atoms with E-state index in [0.717, 1.165) is 12.1 Å². The van der Waals surface area contributed by atoms with E-state index in [2.05, 4.69) is 20.0 Å². The van der Waals surface area contributed by atoms with Crippen molar-refractivity contribution in [2.24, 2.45) is 0 Å². The van der Waals surface area contributed by atoms with Gasteiger partial charge in [0.25, 0.3) is 10.0 Å². The first-order valence-electron chi connectivity index (χ1n) is 6.58. The number of hydrogen-bond acceptors (Lipinski definition) is 6. The van der Waals surface area contributed by atoms with Crippen LogP contribution >= 0.6 is 0 Å². The summed E-state index contributed by atoms with van der Waals surface area (Å²) in [5.74, 6) is 0.954. The molecule has 0 atom stereocenters. The average molecular weight is 310 g/mol. The maximum absolute atomic E-state index is 12.1. The van der Waals surface area contributed by atoms with Crippen molar-refractivity contribution < 1.29 is 12.8 Å². The monoisotopic (exact) mass is 310 g/mol. The Morgan fingerprint density at radius 3 is 2.57 bits per heavy atom. The SMILES string of the molecule is CCNCc1ccc(S(=O)(=O)NCc2ncc(C)o2)nc1. The Labute approximate surface area is 123 Å². The lowest BCUT2D eigenvalue weighted by molar-refractivity contribution is 0.463. The molecule has 0 aliphatic rings. The van der Waals surface area contributed by atoms with Crippen molar-refractivity contribution in [3.63, 3.8) is 0 Å². The normalized spacial score (nSPS) is 11.7. The molecule has 2 heterocycles. The number of nitrogens with zero attached hydrogens (tertiary/aromatic N) is 2. The average Bonchev–Trinajstić information content (AvgIpc) is 2.89. The summed E-state index contributed by atoms with van der Waals surface area (Å²) in [4.78, 5) is 7.92. The minimum atomic E-state index is -3.67. The van der Waals surface area contributed by atoms with Crippen LogP contribution < -0.4 is 10.0 Å². The highest BCUT2D eigenvalue weighted by Gasteiger charge is 2.16. The van der Waals surface area contributed by atoms with Gasteiger partial charge in [0.15, 0.2) is 5.03 Å². The predicted octanol–water partition coefficient (Wildman–Crippen LogP) is 0.966. The molecule has 2 rings (SSSR count). The van der Waals surface area contributed by atoms with Gasteiger partial charge in [0, 0.05) is 12.7 Å². The fourth-order valence-electron chi connectivity index (χ4n) is 1.66. The maximum atomic E-state index is 12.1. The lowest BCUT2D eigenvalue weighted by Crippen LogP contribution is -2.24. The maximum Gasteiger partial charge on any atom is 0.258 e. The summed E-state index contributed by atoms with van der Waals surface area (Å²) in [6.07, 6.45) is 3.09. The second kappa shape index (κ2) is 6.79. The van der Waals surface area contributed by atoms with Gasteiger partial charge < -0.3 is 9.73 Å². The summed E-state index contributed by atoms with van der Waals surface area (Å²) in [5.41, 5.74) is 0.930.